The highest BCUT2D eigenvalue weighted by molar-refractivity contribution is 9.10. The van der Waals surface area contributed by atoms with Crippen LogP contribution in [0.25, 0.3) is 22.1 Å². The average Bonchev–Trinajstić information content (AvgIpc) is 3.08. The van der Waals surface area contributed by atoms with E-state index in [9.17, 15) is 4.79 Å². The van der Waals surface area contributed by atoms with E-state index in [1.165, 1.54) is 0 Å². The maximum atomic E-state index is 12.4. The molecule has 0 fully saturated rings. The molecule has 1 heterocycles. The molecule has 0 bridgehead atoms. The molecular formula is C21H13BrO3. The molecule has 4 aromatic rings. The Morgan fingerprint density at radius 2 is 1.60 bits per heavy atom. The number of esters is 1. The highest BCUT2D eigenvalue weighted by Crippen LogP contribution is 2.31. The van der Waals surface area contributed by atoms with Crippen LogP contribution in [0.5, 0.6) is 5.75 Å². The first-order valence-corrected chi connectivity index (χ1v) is 8.56. The number of fused-ring (bicyclic) bond motifs is 1. The summed E-state index contributed by atoms with van der Waals surface area (Å²) in [5, 5.41) is 0.868. The van der Waals surface area contributed by atoms with E-state index >= 15 is 0 Å². The Bertz CT molecular complexity index is 1020. The lowest BCUT2D eigenvalue weighted by atomic mass is 10.1. The predicted octanol–water partition coefficient (Wildman–Crippen LogP) is 6.08. The van der Waals surface area contributed by atoms with Gasteiger partial charge in [0.2, 0.25) is 5.76 Å². The van der Waals surface area contributed by atoms with Crippen molar-refractivity contribution in [1.29, 1.82) is 0 Å². The number of carbonyl (C=O) groups is 1. The van der Waals surface area contributed by atoms with Gasteiger partial charge in [-0.05, 0) is 51.3 Å². The van der Waals surface area contributed by atoms with Crippen LogP contribution in [0.3, 0.4) is 0 Å². The highest BCUT2D eigenvalue weighted by atomic mass is 79.9. The number of ether oxygens (including phenoxy) is 1. The molecule has 0 radical (unpaired) electrons. The van der Waals surface area contributed by atoms with E-state index in [0.29, 0.717) is 15.8 Å². The molecule has 4 heteroatoms. The Morgan fingerprint density at radius 3 is 2.36 bits per heavy atom. The molecule has 0 unspecified atom stereocenters. The molecule has 0 aliphatic heterocycles. The fourth-order valence-corrected chi connectivity index (χ4v) is 3.09. The van der Waals surface area contributed by atoms with Crippen LogP contribution in [0.15, 0.2) is 87.8 Å². The minimum atomic E-state index is -0.524. The van der Waals surface area contributed by atoms with E-state index in [0.717, 1.165) is 16.5 Å². The second-order valence-electron chi connectivity index (χ2n) is 5.55. The Kier molecular flexibility index (Phi) is 4.12. The van der Waals surface area contributed by atoms with Crippen LogP contribution in [-0.4, -0.2) is 5.97 Å². The predicted molar refractivity (Wildman–Crippen MR) is 101 cm³/mol. The number of furan rings is 1. The summed E-state index contributed by atoms with van der Waals surface area (Å²) in [6.45, 7) is 0. The van der Waals surface area contributed by atoms with Crippen LogP contribution in [0.1, 0.15) is 10.6 Å². The standard InChI is InChI=1S/C21H13BrO3/c22-17-12-15(14-6-2-1-3-7-14)10-11-19(17)25-21(23)20-13-16-8-4-5-9-18(16)24-20/h1-13H. The van der Waals surface area contributed by atoms with E-state index in [1.807, 2.05) is 66.7 Å². The van der Waals surface area contributed by atoms with Gasteiger partial charge in [-0.2, -0.15) is 0 Å². The van der Waals surface area contributed by atoms with Gasteiger partial charge in [0, 0.05) is 5.39 Å². The zero-order valence-electron chi connectivity index (χ0n) is 13.1. The van der Waals surface area contributed by atoms with Crippen molar-refractivity contribution in [3.05, 3.63) is 89.1 Å². The third-order valence-electron chi connectivity index (χ3n) is 3.87. The third-order valence-corrected chi connectivity index (χ3v) is 4.49. The lowest BCUT2D eigenvalue weighted by Crippen LogP contribution is -2.07. The molecule has 0 amide bonds. The zero-order chi connectivity index (χ0) is 17.2. The molecule has 0 saturated heterocycles. The smallest absolute Gasteiger partial charge is 0.379 e. The van der Waals surface area contributed by atoms with Gasteiger partial charge in [-0.25, -0.2) is 4.79 Å². The minimum absolute atomic E-state index is 0.181. The number of para-hydroxylation sites is 1. The van der Waals surface area contributed by atoms with Gasteiger partial charge in [0.1, 0.15) is 11.3 Å². The number of hydrogen-bond acceptors (Lipinski definition) is 3. The van der Waals surface area contributed by atoms with Gasteiger partial charge in [-0.1, -0.05) is 54.6 Å². The second-order valence-corrected chi connectivity index (χ2v) is 6.40. The number of rotatable bonds is 3. The van der Waals surface area contributed by atoms with Gasteiger partial charge in [-0.15, -0.1) is 0 Å². The van der Waals surface area contributed by atoms with Gasteiger partial charge in [0.15, 0.2) is 0 Å². The van der Waals surface area contributed by atoms with Gasteiger partial charge in [0.25, 0.3) is 0 Å². The van der Waals surface area contributed by atoms with Gasteiger partial charge in [0.05, 0.1) is 4.47 Å². The normalized spacial score (nSPS) is 10.8. The Labute approximate surface area is 153 Å². The van der Waals surface area contributed by atoms with E-state index in [2.05, 4.69) is 15.9 Å². The molecule has 0 aliphatic carbocycles. The minimum Gasteiger partial charge on any atom is -0.449 e. The molecule has 0 spiro atoms. The summed E-state index contributed by atoms with van der Waals surface area (Å²) in [5.74, 6) is 0.106. The lowest BCUT2D eigenvalue weighted by Gasteiger charge is -2.07. The van der Waals surface area contributed by atoms with Gasteiger partial charge in [-0.3, -0.25) is 0 Å². The molecular weight excluding hydrogens is 380 g/mol. The van der Waals surface area contributed by atoms with E-state index < -0.39 is 5.97 Å². The number of carbonyl (C=O) groups excluding carboxylic acids is 1. The number of halogens is 1. The first kappa shape index (κ1) is 15.7. The van der Waals surface area contributed by atoms with E-state index in [-0.39, 0.29) is 5.76 Å². The first-order valence-electron chi connectivity index (χ1n) is 7.76. The molecule has 25 heavy (non-hydrogen) atoms. The molecule has 0 N–H and O–H groups in total. The average molecular weight is 393 g/mol. The Hall–Kier alpha value is -2.85. The van der Waals surface area contributed by atoms with Crippen LogP contribution < -0.4 is 4.74 Å². The molecule has 4 rings (SSSR count). The maximum absolute atomic E-state index is 12.4. The molecule has 0 atom stereocenters. The monoisotopic (exact) mass is 392 g/mol. The third kappa shape index (κ3) is 3.21. The molecule has 0 aliphatic rings. The molecule has 3 nitrogen and oxygen atoms in total. The quantitative estimate of drug-likeness (QED) is 0.313. The van der Waals surface area contributed by atoms with Crippen molar-refractivity contribution in [1.82, 2.24) is 0 Å². The highest BCUT2D eigenvalue weighted by Gasteiger charge is 2.16. The van der Waals surface area contributed by atoms with Crippen LogP contribution >= 0.6 is 15.9 Å². The van der Waals surface area contributed by atoms with Crippen molar-refractivity contribution >= 4 is 32.9 Å². The summed E-state index contributed by atoms with van der Waals surface area (Å²) in [6, 6.07) is 24.8. The summed E-state index contributed by atoms with van der Waals surface area (Å²) < 4.78 is 11.7. The van der Waals surface area contributed by atoms with Crippen molar-refractivity contribution in [2.45, 2.75) is 0 Å². The van der Waals surface area contributed by atoms with Gasteiger partial charge < -0.3 is 9.15 Å². The second kappa shape index (κ2) is 6.57. The summed E-state index contributed by atoms with van der Waals surface area (Å²) in [7, 11) is 0. The van der Waals surface area contributed by atoms with Crippen molar-refractivity contribution in [2.75, 3.05) is 0 Å². The molecule has 3 aromatic carbocycles. The molecule has 1 aromatic heterocycles. The summed E-state index contributed by atoms with van der Waals surface area (Å²) in [6.07, 6.45) is 0. The van der Waals surface area contributed by atoms with E-state index in [4.69, 9.17) is 9.15 Å². The Balaban J connectivity index is 1.59. The maximum Gasteiger partial charge on any atom is 0.379 e. The molecule has 122 valence electrons. The van der Waals surface area contributed by atoms with Crippen LogP contribution in [0, 0.1) is 0 Å². The largest absolute Gasteiger partial charge is 0.449 e. The fourth-order valence-electron chi connectivity index (χ4n) is 2.63. The number of hydrogen-bond donors (Lipinski definition) is 0. The van der Waals surface area contributed by atoms with Crippen LogP contribution in [0.2, 0.25) is 0 Å². The van der Waals surface area contributed by atoms with E-state index in [1.54, 1.807) is 12.1 Å². The van der Waals surface area contributed by atoms with Crippen molar-refractivity contribution in [3.8, 4) is 16.9 Å². The lowest BCUT2D eigenvalue weighted by molar-refractivity contribution is 0.0702. The summed E-state index contributed by atoms with van der Waals surface area (Å²) >= 11 is 3.47. The SMILES string of the molecule is O=C(Oc1ccc(-c2ccccc2)cc1Br)c1cc2ccccc2o1. The first-order chi connectivity index (χ1) is 12.2. The van der Waals surface area contributed by atoms with Crippen LogP contribution in [-0.2, 0) is 0 Å². The number of benzene rings is 3. The zero-order valence-corrected chi connectivity index (χ0v) is 14.7. The fraction of sp³-hybridized carbons (Fsp3) is 0. The van der Waals surface area contributed by atoms with Crippen molar-refractivity contribution in [3.63, 3.8) is 0 Å². The topological polar surface area (TPSA) is 39.4 Å². The van der Waals surface area contributed by atoms with Crippen molar-refractivity contribution < 1.29 is 13.9 Å². The summed E-state index contributed by atoms with van der Waals surface area (Å²) in [4.78, 5) is 12.4. The van der Waals surface area contributed by atoms with Crippen molar-refractivity contribution in [2.24, 2.45) is 0 Å². The van der Waals surface area contributed by atoms with Gasteiger partial charge >= 0.3 is 5.97 Å². The molecule has 0 saturated carbocycles. The Morgan fingerprint density at radius 1 is 0.840 bits per heavy atom. The summed E-state index contributed by atoms with van der Waals surface area (Å²) in [5.41, 5.74) is 2.79. The van der Waals surface area contributed by atoms with Crippen LogP contribution in [0.4, 0.5) is 0 Å².